The second kappa shape index (κ2) is 7.50. The van der Waals surface area contributed by atoms with Crippen LogP contribution in [0.5, 0.6) is 0 Å². The molecule has 0 spiro atoms. The van der Waals surface area contributed by atoms with E-state index in [1.54, 1.807) is 4.90 Å². The molecule has 0 radical (unpaired) electrons. The van der Waals surface area contributed by atoms with Gasteiger partial charge < -0.3 is 15.1 Å². The summed E-state index contributed by atoms with van der Waals surface area (Å²) in [5.74, 6) is 0.114. The normalized spacial score (nSPS) is 24.7. The van der Waals surface area contributed by atoms with Gasteiger partial charge in [-0.2, -0.15) is 13.2 Å². The lowest BCUT2D eigenvalue weighted by molar-refractivity contribution is -0.143. The molecule has 1 N–H and O–H groups in total. The Morgan fingerprint density at radius 2 is 1.82 bits per heavy atom. The Kier molecular flexibility index (Phi) is 5.91. The van der Waals surface area contributed by atoms with E-state index in [1.165, 1.54) is 4.90 Å². The van der Waals surface area contributed by atoms with E-state index in [1.807, 2.05) is 0 Å². The number of amides is 2. The van der Waals surface area contributed by atoms with Crippen molar-refractivity contribution in [3.63, 3.8) is 0 Å². The second-order valence-electron chi connectivity index (χ2n) is 6.11. The Bertz CT molecular complexity index is 370. The highest BCUT2D eigenvalue weighted by atomic mass is 19.4. The molecule has 128 valence electrons. The number of nitrogens with one attached hydrogen (secondary N) is 1. The van der Waals surface area contributed by atoms with Gasteiger partial charge in [0.05, 0.1) is 6.54 Å². The minimum absolute atomic E-state index is 0.0926. The van der Waals surface area contributed by atoms with Gasteiger partial charge >= 0.3 is 12.2 Å². The summed E-state index contributed by atoms with van der Waals surface area (Å²) in [6, 6.07) is -0.0926. The lowest BCUT2D eigenvalue weighted by atomic mass is 10.1. The number of likely N-dealkylation sites (tertiary alicyclic amines) is 1. The fourth-order valence-corrected chi connectivity index (χ4v) is 3.09. The number of piperazine rings is 1. The molecule has 2 aliphatic heterocycles. The summed E-state index contributed by atoms with van der Waals surface area (Å²) >= 11 is 0. The van der Waals surface area contributed by atoms with Crippen LogP contribution in [0.1, 0.15) is 13.3 Å². The Hall–Kier alpha value is -1.02. The highest BCUT2D eigenvalue weighted by Crippen LogP contribution is 2.22. The molecule has 22 heavy (non-hydrogen) atoms. The number of urea groups is 1. The van der Waals surface area contributed by atoms with Crippen LogP contribution in [0.25, 0.3) is 0 Å². The summed E-state index contributed by atoms with van der Waals surface area (Å²) in [6.07, 6.45) is -3.43. The van der Waals surface area contributed by atoms with Crippen molar-refractivity contribution < 1.29 is 18.0 Å². The lowest BCUT2D eigenvalue weighted by Gasteiger charge is -2.34. The maximum absolute atomic E-state index is 12.3. The van der Waals surface area contributed by atoms with Crippen LogP contribution in [0.2, 0.25) is 0 Å². The fourth-order valence-electron chi connectivity index (χ4n) is 3.09. The van der Waals surface area contributed by atoms with E-state index in [4.69, 9.17) is 0 Å². The summed E-state index contributed by atoms with van der Waals surface area (Å²) in [5, 5.41) is 2.87. The van der Waals surface area contributed by atoms with Crippen molar-refractivity contribution in [3.8, 4) is 0 Å². The first kappa shape index (κ1) is 17.3. The monoisotopic (exact) mass is 322 g/mol. The van der Waals surface area contributed by atoms with Crippen LogP contribution < -0.4 is 5.32 Å². The quantitative estimate of drug-likeness (QED) is 0.846. The van der Waals surface area contributed by atoms with E-state index in [2.05, 4.69) is 17.1 Å². The van der Waals surface area contributed by atoms with Crippen molar-refractivity contribution in [2.24, 2.45) is 5.92 Å². The van der Waals surface area contributed by atoms with Gasteiger partial charge in [-0.05, 0) is 25.4 Å². The van der Waals surface area contributed by atoms with Crippen molar-refractivity contribution in [1.29, 1.82) is 0 Å². The van der Waals surface area contributed by atoms with Crippen LogP contribution in [-0.4, -0.2) is 85.8 Å². The lowest BCUT2D eigenvalue weighted by Crippen LogP contribution is -2.52. The van der Waals surface area contributed by atoms with E-state index in [-0.39, 0.29) is 11.9 Å². The van der Waals surface area contributed by atoms with Crippen LogP contribution in [0.15, 0.2) is 0 Å². The molecular weight excluding hydrogens is 297 g/mol. The van der Waals surface area contributed by atoms with Crippen molar-refractivity contribution in [2.45, 2.75) is 19.5 Å². The molecule has 5 nitrogen and oxygen atoms in total. The molecule has 2 heterocycles. The topological polar surface area (TPSA) is 38.8 Å². The molecule has 1 unspecified atom stereocenters. The molecule has 2 aliphatic rings. The van der Waals surface area contributed by atoms with Gasteiger partial charge in [-0.15, -0.1) is 0 Å². The smallest absolute Gasteiger partial charge is 0.338 e. The molecule has 8 heteroatoms. The van der Waals surface area contributed by atoms with E-state index in [0.29, 0.717) is 39.1 Å². The van der Waals surface area contributed by atoms with Crippen LogP contribution in [0.4, 0.5) is 18.0 Å². The third-order valence-corrected chi connectivity index (χ3v) is 4.42. The minimum atomic E-state index is -4.14. The highest BCUT2D eigenvalue weighted by molar-refractivity contribution is 5.74. The number of likely N-dealkylation sites (N-methyl/N-ethyl adjacent to an activating group) is 1. The molecule has 0 aromatic carbocycles. The largest absolute Gasteiger partial charge is 0.401 e. The zero-order valence-electron chi connectivity index (χ0n) is 13.0. The van der Waals surface area contributed by atoms with Crippen molar-refractivity contribution in [2.75, 3.05) is 58.9 Å². The van der Waals surface area contributed by atoms with Gasteiger partial charge in [-0.25, -0.2) is 4.79 Å². The maximum atomic E-state index is 12.3. The van der Waals surface area contributed by atoms with Crippen LogP contribution in [0.3, 0.4) is 0 Å². The van der Waals surface area contributed by atoms with Crippen LogP contribution >= 0.6 is 0 Å². The van der Waals surface area contributed by atoms with Gasteiger partial charge in [0.25, 0.3) is 0 Å². The van der Waals surface area contributed by atoms with E-state index in [0.717, 1.165) is 19.6 Å². The molecule has 0 aliphatic carbocycles. The van der Waals surface area contributed by atoms with Gasteiger partial charge in [-0.1, -0.05) is 6.92 Å². The minimum Gasteiger partial charge on any atom is -0.338 e. The number of halogens is 3. The maximum Gasteiger partial charge on any atom is 0.401 e. The number of hydrogen-bond acceptors (Lipinski definition) is 3. The Labute approximate surface area is 129 Å². The predicted molar refractivity (Wildman–Crippen MR) is 77.7 cm³/mol. The van der Waals surface area contributed by atoms with Gasteiger partial charge in [0.2, 0.25) is 0 Å². The molecule has 0 aromatic heterocycles. The summed E-state index contributed by atoms with van der Waals surface area (Å²) in [5.41, 5.74) is 0. The summed E-state index contributed by atoms with van der Waals surface area (Å²) < 4.78 is 37.0. The van der Waals surface area contributed by atoms with E-state index in [9.17, 15) is 18.0 Å². The highest BCUT2D eigenvalue weighted by Gasteiger charge is 2.34. The number of rotatable bonds is 4. The van der Waals surface area contributed by atoms with Gasteiger partial charge in [0.15, 0.2) is 0 Å². The molecule has 2 saturated heterocycles. The Morgan fingerprint density at radius 3 is 2.41 bits per heavy atom. The van der Waals surface area contributed by atoms with Crippen molar-refractivity contribution in [1.82, 2.24) is 20.0 Å². The van der Waals surface area contributed by atoms with Crippen molar-refractivity contribution in [3.05, 3.63) is 0 Å². The SMILES string of the molecule is CCN1CCN(C(=O)NCC2CCN(CC(F)(F)F)C2)CC1. The van der Waals surface area contributed by atoms with Gasteiger partial charge in [0.1, 0.15) is 0 Å². The fraction of sp³-hybridized carbons (Fsp3) is 0.929. The first-order valence-corrected chi connectivity index (χ1v) is 7.91. The summed E-state index contributed by atoms with van der Waals surface area (Å²) in [4.78, 5) is 17.6. The molecule has 0 saturated carbocycles. The van der Waals surface area contributed by atoms with Crippen LogP contribution in [-0.2, 0) is 0 Å². The third kappa shape index (κ3) is 5.31. The first-order chi connectivity index (χ1) is 10.4. The van der Waals surface area contributed by atoms with Crippen LogP contribution in [0, 0.1) is 5.92 Å². The second-order valence-corrected chi connectivity index (χ2v) is 6.11. The third-order valence-electron chi connectivity index (χ3n) is 4.42. The Balaban J connectivity index is 1.65. The van der Waals surface area contributed by atoms with Gasteiger partial charge in [0, 0.05) is 39.3 Å². The number of carbonyl (C=O) groups excluding carboxylic acids is 1. The predicted octanol–water partition coefficient (Wildman–Crippen LogP) is 1.22. The van der Waals surface area contributed by atoms with E-state index >= 15 is 0 Å². The first-order valence-electron chi connectivity index (χ1n) is 7.91. The molecule has 0 bridgehead atoms. The number of carbonyl (C=O) groups is 1. The zero-order valence-corrected chi connectivity index (χ0v) is 13.0. The number of alkyl halides is 3. The molecule has 0 aromatic rings. The van der Waals surface area contributed by atoms with Crippen molar-refractivity contribution >= 4 is 6.03 Å². The van der Waals surface area contributed by atoms with Gasteiger partial charge in [-0.3, -0.25) is 4.90 Å². The standard InChI is InChI=1S/C14H25F3N4O/c1-2-19-5-7-21(8-6-19)13(22)18-9-12-3-4-20(10-12)11-14(15,16)17/h12H,2-11H2,1H3,(H,18,22). The van der Waals surface area contributed by atoms with E-state index < -0.39 is 12.7 Å². The molecule has 1 atom stereocenters. The number of nitrogens with zero attached hydrogens (tertiary/aromatic N) is 3. The Morgan fingerprint density at radius 1 is 1.14 bits per heavy atom. The molecule has 2 amide bonds. The zero-order chi connectivity index (χ0) is 16.2. The number of hydrogen-bond donors (Lipinski definition) is 1. The average molecular weight is 322 g/mol. The molecule has 2 rings (SSSR count). The molecular formula is C14H25F3N4O. The molecule has 2 fully saturated rings. The summed E-state index contributed by atoms with van der Waals surface area (Å²) in [7, 11) is 0. The average Bonchev–Trinajstić information content (AvgIpc) is 2.90. The summed E-state index contributed by atoms with van der Waals surface area (Å²) in [6.45, 7) is 6.75.